The average Bonchev–Trinajstić information content (AvgIpc) is 2.71. The first-order valence-corrected chi connectivity index (χ1v) is 8.79. The van der Waals surface area contributed by atoms with E-state index < -0.39 is 0 Å². The molecule has 0 aromatic heterocycles. The summed E-state index contributed by atoms with van der Waals surface area (Å²) < 4.78 is 5.16. The van der Waals surface area contributed by atoms with E-state index in [9.17, 15) is 4.79 Å². The van der Waals surface area contributed by atoms with Crippen molar-refractivity contribution in [3.8, 4) is 5.75 Å². The maximum Gasteiger partial charge on any atom is 0.326 e. The molecule has 0 radical (unpaired) electrons. The fourth-order valence-corrected chi connectivity index (χ4v) is 2.77. The lowest BCUT2D eigenvalue weighted by Crippen LogP contribution is -2.37. The molecule has 0 saturated heterocycles. The normalized spacial score (nSPS) is 10.3. The van der Waals surface area contributed by atoms with E-state index in [0.29, 0.717) is 12.2 Å². The zero-order valence-corrected chi connectivity index (χ0v) is 15.3. The summed E-state index contributed by atoms with van der Waals surface area (Å²) in [6.07, 6.45) is 0.736. The highest BCUT2D eigenvalue weighted by atomic mass is 16.5. The van der Waals surface area contributed by atoms with Crippen LogP contribution in [0.1, 0.15) is 5.56 Å². The van der Waals surface area contributed by atoms with Crippen molar-refractivity contribution < 1.29 is 9.53 Å². The predicted molar refractivity (Wildman–Crippen MR) is 110 cm³/mol. The number of nitrogens with zero attached hydrogens (tertiary/aromatic N) is 1. The Morgan fingerprint density at radius 2 is 1.56 bits per heavy atom. The Kier molecular flexibility index (Phi) is 5.94. The van der Waals surface area contributed by atoms with Gasteiger partial charge in [0, 0.05) is 12.2 Å². The highest BCUT2D eigenvalue weighted by Gasteiger charge is 2.17. The molecule has 0 aliphatic rings. The number of carbonyl (C=O) groups excluding carboxylic acids is 1. The summed E-state index contributed by atoms with van der Waals surface area (Å²) in [5, 5.41) is 3.00. The van der Waals surface area contributed by atoms with Crippen molar-refractivity contribution in [3.05, 3.63) is 84.4 Å². The Bertz CT molecular complexity index is 862. The molecule has 0 spiro atoms. The second-order valence-corrected chi connectivity index (χ2v) is 6.09. The van der Waals surface area contributed by atoms with Gasteiger partial charge in [0.1, 0.15) is 5.75 Å². The number of amides is 2. The SMILES string of the molecule is COc1ccc(CCNC(=O)N(c2ccccc2)c2ccc(N)cc2)cc1. The number of nitrogens with one attached hydrogen (secondary N) is 1. The van der Waals surface area contributed by atoms with Gasteiger partial charge in [-0.3, -0.25) is 4.90 Å². The molecule has 3 aromatic rings. The molecule has 0 bridgehead atoms. The summed E-state index contributed by atoms with van der Waals surface area (Å²) in [4.78, 5) is 14.5. The minimum absolute atomic E-state index is 0.181. The van der Waals surface area contributed by atoms with Crippen molar-refractivity contribution in [3.63, 3.8) is 0 Å². The predicted octanol–water partition coefficient (Wildman–Crippen LogP) is 4.37. The average molecular weight is 361 g/mol. The van der Waals surface area contributed by atoms with Crippen LogP contribution in [0, 0.1) is 0 Å². The first-order chi connectivity index (χ1) is 13.2. The molecule has 0 aliphatic carbocycles. The number of benzene rings is 3. The Labute approximate surface area is 159 Å². The Balaban J connectivity index is 1.70. The molecule has 3 rings (SSSR count). The van der Waals surface area contributed by atoms with Crippen LogP contribution in [0.25, 0.3) is 0 Å². The minimum atomic E-state index is -0.181. The van der Waals surface area contributed by atoms with E-state index in [1.807, 2.05) is 66.7 Å². The van der Waals surface area contributed by atoms with Gasteiger partial charge in [-0.25, -0.2) is 4.79 Å². The van der Waals surface area contributed by atoms with Crippen LogP contribution in [0.3, 0.4) is 0 Å². The highest BCUT2D eigenvalue weighted by molar-refractivity contribution is 5.99. The van der Waals surface area contributed by atoms with Crippen LogP contribution in [0.2, 0.25) is 0 Å². The quantitative estimate of drug-likeness (QED) is 0.641. The number of ether oxygens (including phenoxy) is 1. The lowest BCUT2D eigenvalue weighted by Gasteiger charge is -2.23. The number of carbonyl (C=O) groups is 1. The number of para-hydroxylation sites is 1. The van der Waals surface area contributed by atoms with Crippen molar-refractivity contribution >= 4 is 23.1 Å². The summed E-state index contributed by atoms with van der Waals surface area (Å²) in [6.45, 7) is 0.531. The summed E-state index contributed by atoms with van der Waals surface area (Å²) in [5.41, 5.74) is 9.13. The van der Waals surface area contributed by atoms with E-state index in [0.717, 1.165) is 29.1 Å². The molecular formula is C22H23N3O2. The van der Waals surface area contributed by atoms with Gasteiger partial charge < -0.3 is 15.8 Å². The Hall–Kier alpha value is -3.47. The van der Waals surface area contributed by atoms with Gasteiger partial charge in [-0.2, -0.15) is 0 Å². The van der Waals surface area contributed by atoms with E-state index in [2.05, 4.69) is 5.32 Å². The first kappa shape index (κ1) is 18.3. The minimum Gasteiger partial charge on any atom is -0.497 e. The van der Waals surface area contributed by atoms with Gasteiger partial charge in [0.15, 0.2) is 0 Å². The molecule has 3 N–H and O–H groups in total. The maximum absolute atomic E-state index is 12.9. The van der Waals surface area contributed by atoms with Crippen molar-refractivity contribution in [2.75, 3.05) is 24.3 Å². The summed E-state index contributed by atoms with van der Waals surface area (Å²) in [5.74, 6) is 0.821. The summed E-state index contributed by atoms with van der Waals surface area (Å²) in [6, 6.07) is 24.4. The smallest absolute Gasteiger partial charge is 0.326 e. The van der Waals surface area contributed by atoms with E-state index in [4.69, 9.17) is 10.5 Å². The molecule has 0 saturated carbocycles. The van der Waals surface area contributed by atoms with E-state index >= 15 is 0 Å². The van der Waals surface area contributed by atoms with Crippen LogP contribution in [0.15, 0.2) is 78.9 Å². The second-order valence-electron chi connectivity index (χ2n) is 6.09. The topological polar surface area (TPSA) is 67.6 Å². The molecule has 0 fully saturated rings. The molecule has 5 heteroatoms. The van der Waals surface area contributed by atoms with Crippen LogP contribution >= 0.6 is 0 Å². The van der Waals surface area contributed by atoms with Crippen molar-refractivity contribution in [1.82, 2.24) is 5.32 Å². The van der Waals surface area contributed by atoms with Crippen LogP contribution in [-0.4, -0.2) is 19.7 Å². The van der Waals surface area contributed by atoms with Gasteiger partial charge in [0.2, 0.25) is 0 Å². The monoisotopic (exact) mass is 361 g/mol. The van der Waals surface area contributed by atoms with Gasteiger partial charge in [0.25, 0.3) is 0 Å². The van der Waals surface area contributed by atoms with Crippen molar-refractivity contribution in [2.24, 2.45) is 0 Å². The number of hydrogen-bond donors (Lipinski definition) is 2. The van der Waals surface area contributed by atoms with Crippen LogP contribution in [-0.2, 0) is 6.42 Å². The van der Waals surface area contributed by atoms with E-state index in [-0.39, 0.29) is 6.03 Å². The van der Waals surface area contributed by atoms with Crippen LogP contribution in [0.4, 0.5) is 21.9 Å². The van der Waals surface area contributed by atoms with Gasteiger partial charge in [-0.1, -0.05) is 30.3 Å². The van der Waals surface area contributed by atoms with Crippen LogP contribution in [0.5, 0.6) is 5.75 Å². The van der Waals surface area contributed by atoms with Gasteiger partial charge in [0.05, 0.1) is 18.5 Å². The third-order valence-corrected chi connectivity index (χ3v) is 4.22. The van der Waals surface area contributed by atoms with Gasteiger partial charge in [-0.15, -0.1) is 0 Å². The number of methoxy groups -OCH3 is 1. The molecule has 138 valence electrons. The summed E-state index contributed by atoms with van der Waals surface area (Å²) in [7, 11) is 1.64. The number of rotatable bonds is 6. The number of nitrogen functional groups attached to an aromatic ring is 1. The fourth-order valence-electron chi connectivity index (χ4n) is 2.77. The van der Waals surface area contributed by atoms with Crippen LogP contribution < -0.4 is 20.7 Å². The third kappa shape index (κ3) is 4.79. The molecule has 0 heterocycles. The first-order valence-electron chi connectivity index (χ1n) is 8.79. The number of nitrogens with two attached hydrogens (primary N) is 1. The van der Waals surface area contributed by atoms with Crippen molar-refractivity contribution in [2.45, 2.75) is 6.42 Å². The lowest BCUT2D eigenvalue weighted by atomic mass is 10.1. The molecule has 5 nitrogen and oxygen atoms in total. The summed E-state index contributed by atoms with van der Waals surface area (Å²) >= 11 is 0. The Morgan fingerprint density at radius 1 is 0.926 bits per heavy atom. The largest absolute Gasteiger partial charge is 0.497 e. The number of hydrogen-bond acceptors (Lipinski definition) is 3. The molecule has 0 aliphatic heterocycles. The zero-order valence-electron chi connectivity index (χ0n) is 15.3. The molecule has 2 amide bonds. The molecule has 0 unspecified atom stereocenters. The van der Waals surface area contributed by atoms with Crippen molar-refractivity contribution in [1.29, 1.82) is 0 Å². The molecular weight excluding hydrogens is 338 g/mol. The number of urea groups is 1. The third-order valence-electron chi connectivity index (χ3n) is 4.22. The maximum atomic E-state index is 12.9. The Morgan fingerprint density at radius 3 is 2.19 bits per heavy atom. The fraction of sp³-hybridized carbons (Fsp3) is 0.136. The second kappa shape index (κ2) is 8.76. The molecule has 3 aromatic carbocycles. The number of anilines is 3. The standard InChI is InChI=1S/C22H23N3O2/c1-27-21-13-7-17(8-14-21)15-16-24-22(26)25(19-5-3-2-4-6-19)20-11-9-18(23)10-12-20/h2-14H,15-16,23H2,1H3,(H,24,26). The zero-order chi connectivity index (χ0) is 19.1. The van der Waals surface area contributed by atoms with Gasteiger partial charge >= 0.3 is 6.03 Å². The van der Waals surface area contributed by atoms with E-state index in [1.165, 1.54) is 0 Å². The molecule has 0 atom stereocenters. The van der Waals surface area contributed by atoms with E-state index in [1.54, 1.807) is 24.1 Å². The highest BCUT2D eigenvalue weighted by Crippen LogP contribution is 2.26. The molecule has 27 heavy (non-hydrogen) atoms. The lowest BCUT2D eigenvalue weighted by molar-refractivity contribution is 0.248. The van der Waals surface area contributed by atoms with Gasteiger partial charge in [-0.05, 0) is 60.5 Å².